The van der Waals surface area contributed by atoms with Gasteiger partial charge >= 0.3 is 0 Å². The molecule has 0 aliphatic heterocycles. The normalized spacial score (nSPS) is 22.8. The van der Waals surface area contributed by atoms with Crippen LogP contribution in [0.5, 0.6) is 0 Å². The number of rotatable bonds is 3. The second-order valence-electron chi connectivity index (χ2n) is 7.79. The zero-order valence-corrected chi connectivity index (χ0v) is 14.5. The van der Waals surface area contributed by atoms with Gasteiger partial charge < -0.3 is 11.1 Å². The maximum atomic E-state index is 12.1. The number of hydrogen-bond donors (Lipinski definition) is 2. The van der Waals surface area contributed by atoms with Crippen LogP contribution in [0.1, 0.15) is 71.9 Å². The number of nitrogens with one attached hydrogen (secondary N) is 1. The molecule has 22 heavy (non-hydrogen) atoms. The van der Waals surface area contributed by atoms with E-state index in [9.17, 15) is 4.79 Å². The topological polar surface area (TPSA) is 72.9 Å². The summed E-state index contributed by atoms with van der Waals surface area (Å²) in [4.78, 5) is 12.1. The molecule has 3 N–H and O–H groups in total. The molecule has 1 fully saturated rings. The van der Waals surface area contributed by atoms with Gasteiger partial charge in [0.2, 0.25) is 5.91 Å². The zero-order chi connectivity index (χ0) is 16.5. The predicted octanol–water partition coefficient (Wildman–Crippen LogP) is 3.02. The first-order valence-corrected chi connectivity index (χ1v) is 8.34. The quantitative estimate of drug-likeness (QED) is 0.901. The SMILES string of the molecule is CC(C)NC(=O)C1CCC(c2cc(N)n(C(C)(C)C)n2)CC1. The van der Waals surface area contributed by atoms with Crippen molar-refractivity contribution < 1.29 is 4.79 Å². The van der Waals surface area contributed by atoms with E-state index in [1.807, 2.05) is 24.6 Å². The van der Waals surface area contributed by atoms with Gasteiger partial charge in [0.05, 0.1) is 11.2 Å². The van der Waals surface area contributed by atoms with Crippen LogP contribution in [0, 0.1) is 5.92 Å². The molecule has 0 atom stereocenters. The largest absolute Gasteiger partial charge is 0.384 e. The Morgan fingerprint density at radius 2 is 1.91 bits per heavy atom. The van der Waals surface area contributed by atoms with Crippen LogP contribution in [0.3, 0.4) is 0 Å². The third kappa shape index (κ3) is 3.81. The van der Waals surface area contributed by atoms with Crippen LogP contribution in [-0.2, 0) is 10.3 Å². The van der Waals surface area contributed by atoms with Crippen molar-refractivity contribution >= 4 is 11.7 Å². The van der Waals surface area contributed by atoms with Gasteiger partial charge in [-0.1, -0.05) is 0 Å². The van der Waals surface area contributed by atoms with E-state index in [2.05, 4.69) is 26.1 Å². The van der Waals surface area contributed by atoms with Gasteiger partial charge in [0.1, 0.15) is 5.82 Å². The summed E-state index contributed by atoms with van der Waals surface area (Å²) in [6, 6.07) is 2.22. The lowest BCUT2D eigenvalue weighted by atomic mass is 9.80. The average Bonchev–Trinajstić information content (AvgIpc) is 2.80. The van der Waals surface area contributed by atoms with E-state index in [0.717, 1.165) is 37.2 Å². The Labute approximate surface area is 133 Å². The number of amides is 1. The third-order valence-electron chi connectivity index (χ3n) is 4.34. The summed E-state index contributed by atoms with van der Waals surface area (Å²) in [5, 5.41) is 7.74. The van der Waals surface area contributed by atoms with Gasteiger partial charge in [0.25, 0.3) is 0 Å². The smallest absolute Gasteiger partial charge is 0.223 e. The number of carbonyl (C=O) groups excluding carboxylic acids is 1. The van der Waals surface area contributed by atoms with E-state index in [0.29, 0.717) is 5.92 Å². The molecule has 0 bridgehead atoms. The summed E-state index contributed by atoms with van der Waals surface area (Å²) < 4.78 is 1.90. The van der Waals surface area contributed by atoms with Crippen LogP contribution in [-0.4, -0.2) is 21.7 Å². The van der Waals surface area contributed by atoms with Crippen molar-refractivity contribution in [3.05, 3.63) is 11.8 Å². The van der Waals surface area contributed by atoms with Gasteiger partial charge in [0, 0.05) is 23.9 Å². The van der Waals surface area contributed by atoms with Gasteiger partial charge in [-0.25, -0.2) is 4.68 Å². The van der Waals surface area contributed by atoms with Crippen LogP contribution < -0.4 is 11.1 Å². The standard InChI is InChI=1S/C17H30N4O/c1-11(2)19-16(22)13-8-6-12(7-9-13)14-10-15(18)21(20-14)17(3,4)5/h10-13H,6-9,18H2,1-5H3,(H,19,22). The van der Waals surface area contributed by atoms with E-state index in [1.54, 1.807) is 0 Å². The van der Waals surface area contributed by atoms with Crippen molar-refractivity contribution in [2.75, 3.05) is 5.73 Å². The van der Waals surface area contributed by atoms with E-state index in [1.165, 1.54) is 0 Å². The lowest BCUT2D eigenvalue weighted by Crippen LogP contribution is -2.37. The van der Waals surface area contributed by atoms with Crippen LogP contribution >= 0.6 is 0 Å². The number of anilines is 1. The highest BCUT2D eigenvalue weighted by atomic mass is 16.1. The van der Waals surface area contributed by atoms with Crippen molar-refractivity contribution in [1.82, 2.24) is 15.1 Å². The molecule has 1 aromatic heterocycles. The molecule has 1 aliphatic carbocycles. The molecule has 1 amide bonds. The second kappa shape index (κ2) is 6.31. The van der Waals surface area contributed by atoms with Crippen molar-refractivity contribution in [3.8, 4) is 0 Å². The molecule has 0 spiro atoms. The van der Waals surface area contributed by atoms with E-state index < -0.39 is 0 Å². The number of carbonyl (C=O) groups is 1. The van der Waals surface area contributed by atoms with Gasteiger partial charge in [-0.3, -0.25) is 4.79 Å². The molecule has 2 rings (SSSR count). The summed E-state index contributed by atoms with van der Waals surface area (Å²) >= 11 is 0. The van der Waals surface area contributed by atoms with Crippen molar-refractivity contribution in [2.24, 2.45) is 5.92 Å². The average molecular weight is 306 g/mol. The fourth-order valence-electron chi connectivity index (χ4n) is 3.21. The lowest BCUT2D eigenvalue weighted by molar-refractivity contribution is -0.126. The van der Waals surface area contributed by atoms with Crippen LogP contribution in [0.15, 0.2) is 6.07 Å². The molecule has 5 heteroatoms. The van der Waals surface area contributed by atoms with Crippen molar-refractivity contribution in [2.45, 2.75) is 77.8 Å². The van der Waals surface area contributed by atoms with E-state index >= 15 is 0 Å². The van der Waals surface area contributed by atoms with Crippen LogP contribution in [0.25, 0.3) is 0 Å². The maximum Gasteiger partial charge on any atom is 0.223 e. The molecule has 1 heterocycles. The molecule has 0 radical (unpaired) electrons. The minimum atomic E-state index is -0.101. The van der Waals surface area contributed by atoms with E-state index in [4.69, 9.17) is 10.8 Å². The maximum absolute atomic E-state index is 12.1. The highest BCUT2D eigenvalue weighted by Crippen LogP contribution is 2.36. The Morgan fingerprint density at radius 3 is 2.36 bits per heavy atom. The fourth-order valence-corrected chi connectivity index (χ4v) is 3.21. The number of nitrogens with two attached hydrogens (primary N) is 1. The van der Waals surface area contributed by atoms with E-state index in [-0.39, 0.29) is 23.4 Å². The number of nitrogens with zero attached hydrogens (tertiary/aromatic N) is 2. The van der Waals surface area contributed by atoms with Crippen LogP contribution in [0.2, 0.25) is 0 Å². The first-order chi connectivity index (χ1) is 10.2. The highest BCUT2D eigenvalue weighted by molar-refractivity contribution is 5.78. The Balaban J connectivity index is 1.99. The molecular formula is C17H30N4O. The number of hydrogen-bond acceptors (Lipinski definition) is 3. The minimum Gasteiger partial charge on any atom is -0.384 e. The Kier molecular flexibility index (Phi) is 4.83. The molecule has 0 unspecified atom stereocenters. The summed E-state index contributed by atoms with van der Waals surface area (Å²) in [5.41, 5.74) is 7.08. The van der Waals surface area contributed by atoms with Gasteiger partial charge in [-0.2, -0.15) is 5.10 Å². The van der Waals surface area contributed by atoms with Crippen LogP contribution in [0.4, 0.5) is 5.82 Å². The monoisotopic (exact) mass is 306 g/mol. The van der Waals surface area contributed by atoms with Crippen molar-refractivity contribution in [3.63, 3.8) is 0 Å². The summed E-state index contributed by atoms with van der Waals surface area (Å²) in [5.74, 6) is 1.50. The highest BCUT2D eigenvalue weighted by Gasteiger charge is 2.29. The number of aromatic nitrogens is 2. The molecule has 124 valence electrons. The second-order valence-corrected chi connectivity index (χ2v) is 7.79. The molecule has 5 nitrogen and oxygen atoms in total. The molecule has 1 aromatic rings. The minimum absolute atomic E-state index is 0.101. The van der Waals surface area contributed by atoms with Crippen molar-refractivity contribution in [1.29, 1.82) is 0 Å². The molecule has 1 saturated carbocycles. The molecule has 1 aliphatic rings. The first-order valence-electron chi connectivity index (χ1n) is 8.34. The van der Waals surface area contributed by atoms with Gasteiger partial charge in [-0.15, -0.1) is 0 Å². The Bertz CT molecular complexity index is 519. The molecule has 0 aromatic carbocycles. The molecular weight excluding hydrogens is 276 g/mol. The fraction of sp³-hybridized carbons (Fsp3) is 0.765. The lowest BCUT2D eigenvalue weighted by Gasteiger charge is -2.27. The zero-order valence-electron chi connectivity index (χ0n) is 14.5. The third-order valence-corrected chi connectivity index (χ3v) is 4.34. The summed E-state index contributed by atoms with van der Waals surface area (Å²) in [6.07, 6.45) is 3.89. The first kappa shape index (κ1) is 16.8. The Hall–Kier alpha value is -1.52. The van der Waals surface area contributed by atoms with Gasteiger partial charge in [0.15, 0.2) is 0 Å². The number of nitrogen functional groups attached to an aromatic ring is 1. The molecule has 0 saturated heterocycles. The van der Waals surface area contributed by atoms with Gasteiger partial charge in [-0.05, 0) is 60.3 Å². The summed E-state index contributed by atoms with van der Waals surface area (Å²) in [6.45, 7) is 10.3. The predicted molar refractivity (Wildman–Crippen MR) is 89.6 cm³/mol. The Morgan fingerprint density at radius 1 is 1.32 bits per heavy atom. The summed E-state index contributed by atoms with van der Waals surface area (Å²) in [7, 11) is 0.